The topological polar surface area (TPSA) is 92.6 Å². The summed E-state index contributed by atoms with van der Waals surface area (Å²) in [5.74, 6) is -1.20. The van der Waals surface area contributed by atoms with Gasteiger partial charge in [-0.05, 0) is 53.9 Å². The zero-order valence-electron chi connectivity index (χ0n) is 21.6. The number of halogens is 1. The Morgan fingerprint density at radius 1 is 1.02 bits per heavy atom. The Hall–Kier alpha value is -4.02. The molecular weight excluding hydrogens is 549 g/mol. The molecule has 0 spiro atoms. The Labute approximate surface area is 239 Å². The van der Waals surface area contributed by atoms with E-state index in [0.717, 1.165) is 18.4 Å². The van der Waals surface area contributed by atoms with Crippen molar-refractivity contribution in [3.05, 3.63) is 107 Å². The number of ether oxygens (including phenoxy) is 1. The number of anilines is 1. The fraction of sp³-hybridized carbons (Fsp3) is 0.200. The highest BCUT2D eigenvalue weighted by Crippen LogP contribution is 2.44. The van der Waals surface area contributed by atoms with Crippen LogP contribution in [0.5, 0.6) is 5.75 Å². The Kier molecular flexibility index (Phi) is 8.57. The quantitative estimate of drug-likeness (QED) is 0.0557. The summed E-state index contributed by atoms with van der Waals surface area (Å²) in [6.45, 7) is 2.65. The van der Waals surface area contributed by atoms with Gasteiger partial charge in [-0.1, -0.05) is 78.9 Å². The van der Waals surface area contributed by atoms with Gasteiger partial charge < -0.3 is 9.84 Å². The number of ketones is 1. The molecule has 1 amide bonds. The van der Waals surface area contributed by atoms with Crippen molar-refractivity contribution in [1.29, 1.82) is 0 Å². The van der Waals surface area contributed by atoms with Crippen molar-refractivity contribution < 1.29 is 23.8 Å². The Bertz CT molecular complexity index is 1520. The molecule has 0 aliphatic carbocycles. The molecule has 1 atom stereocenters. The number of nitrogens with zero attached hydrogens (tertiary/aromatic N) is 3. The molecule has 0 bridgehead atoms. The highest BCUT2D eigenvalue weighted by Gasteiger charge is 2.48. The van der Waals surface area contributed by atoms with Gasteiger partial charge in [0, 0.05) is 11.3 Å². The van der Waals surface area contributed by atoms with Crippen LogP contribution in [0.1, 0.15) is 42.5 Å². The van der Waals surface area contributed by atoms with Crippen LogP contribution in [0.4, 0.5) is 9.52 Å². The van der Waals surface area contributed by atoms with Crippen molar-refractivity contribution in [2.75, 3.05) is 11.5 Å². The number of carbonyl (C=O) groups excluding carboxylic acids is 2. The van der Waals surface area contributed by atoms with Gasteiger partial charge in [0.2, 0.25) is 5.13 Å². The second-order valence-corrected chi connectivity index (χ2v) is 11.3. The molecule has 1 aliphatic rings. The van der Waals surface area contributed by atoms with E-state index in [9.17, 15) is 19.1 Å². The average molecular weight is 576 g/mol. The molecule has 2 heterocycles. The van der Waals surface area contributed by atoms with E-state index in [-0.39, 0.29) is 16.5 Å². The molecule has 3 aromatic carbocycles. The van der Waals surface area contributed by atoms with Gasteiger partial charge >= 0.3 is 5.91 Å². The first-order valence-corrected chi connectivity index (χ1v) is 14.6. The van der Waals surface area contributed by atoms with Gasteiger partial charge in [0.05, 0.1) is 18.2 Å². The second kappa shape index (κ2) is 12.4. The first-order valence-electron chi connectivity index (χ1n) is 12.8. The molecule has 0 radical (unpaired) electrons. The second-order valence-electron chi connectivity index (χ2n) is 9.07. The number of aliphatic hydroxyl groups is 1. The van der Waals surface area contributed by atoms with Crippen LogP contribution in [-0.2, 0) is 15.3 Å². The molecule has 1 N–H and O–H groups in total. The van der Waals surface area contributed by atoms with E-state index in [1.807, 2.05) is 30.3 Å². The molecular formula is C30H26FN3O4S2. The zero-order valence-corrected chi connectivity index (χ0v) is 23.3. The summed E-state index contributed by atoms with van der Waals surface area (Å²) >= 11 is 2.64. The predicted molar refractivity (Wildman–Crippen MR) is 154 cm³/mol. The number of aromatic nitrogens is 2. The summed E-state index contributed by atoms with van der Waals surface area (Å²) in [6, 6.07) is 21.0. The maximum atomic E-state index is 13.8. The number of benzene rings is 3. The number of thioether (sulfide) groups is 1. The van der Waals surface area contributed by atoms with Crippen molar-refractivity contribution in [3.63, 3.8) is 0 Å². The summed E-state index contributed by atoms with van der Waals surface area (Å²) in [5, 5.41) is 19.9. The van der Waals surface area contributed by atoms with E-state index in [1.54, 1.807) is 24.3 Å². The zero-order chi connectivity index (χ0) is 28.1. The normalized spacial score (nSPS) is 16.4. The van der Waals surface area contributed by atoms with Crippen molar-refractivity contribution >= 4 is 45.7 Å². The molecule has 0 saturated carbocycles. The number of Topliss-reactive ketones (excluding diaryl/α,β-unsaturated/α-hetero) is 1. The van der Waals surface area contributed by atoms with Crippen LogP contribution in [0, 0.1) is 5.82 Å². The number of amides is 1. The third kappa shape index (κ3) is 5.93. The number of hydrogen-bond acceptors (Lipinski definition) is 8. The lowest BCUT2D eigenvalue weighted by Crippen LogP contribution is -2.29. The van der Waals surface area contributed by atoms with Crippen molar-refractivity contribution in [3.8, 4) is 5.75 Å². The first kappa shape index (κ1) is 27.5. The number of aliphatic hydroxyl groups excluding tert-OH is 1. The lowest BCUT2D eigenvalue weighted by atomic mass is 9.95. The lowest BCUT2D eigenvalue weighted by molar-refractivity contribution is -0.132. The average Bonchev–Trinajstić information content (AvgIpc) is 3.55. The molecule has 4 aromatic rings. The Morgan fingerprint density at radius 3 is 2.45 bits per heavy atom. The standard InChI is InChI=1S/C30H26FN3O4S2/c1-2-3-17-38-23-15-11-21(12-16-23)26(35)24-25(20-9-13-22(31)14-10-20)34(28(37)27(24)36)29-32-33-30(40-29)39-18-19-7-5-4-6-8-19/h4-16,25,35H,2-3,17-18H2,1H3. The van der Waals surface area contributed by atoms with Crippen LogP contribution in [-0.4, -0.2) is 33.6 Å². The summed E-state index contributed by atoms with van der Waals surface area (Å²) in [4.78, 5) is 27.9. The highest BCUT2D eigenvalue weighted by molar-refractivity contribution is 8.00. The van der Waals surface area contributed by atoms with Gasteiger partial charge in [-0.25, -0.2) is 4.39 Å². The van der Waals surface area contributed by atoms with Crippen molar-refractivity contribution in [2.24, 2.45) is 0 Å². The molecule has 1 aliphatic heterocycles. The summed E-state index contributed by atoms with van der Waals surface area (Å²) < 4.78 is 20.1. The summed E-state index contributed by atoms with van der Waals surface area (Å²) in [5.41, 5.74) is 1.81. The maximum Gasteiger partial charge on any atom is 0.301 e. The fourth-order valence-electron chi connectivity index (χ4n) is 4.27. The van der Waals surface area contributed by atoms with Crippen LogP contribution in [0.15, 0.2) is 88.8 Å². The molecule has 7 nitrogen and oxygen atoms in total. The third-order valence-electron chi connectivity index (χ3n) is 6.33. The lowest BCUT2D eigenvalue weighted by Gasteiger charge is -2.22. The van der Waals surface area contributed by atoms with Crippen LogP contribution in [0.2, 0.25) is 0 Å². The molecule has 10 heteroatoms. The van der Waals surface area contributed by atoms with Gasteiger partial charge in [-0.15, -0.1) is 10.2 Å². The van der Waals surface area contributed by atoms with Gasteiger partial charge in [-0.3, -0.25) is 14.5 Å². The van der Waals surface area contributed by atoms with E-state index >= 15 is 0 Å². The minimum absolute atomic E-state index is 0.107. The molecule has 1 unspecified atom stereocenters. The SMILES string of the molecule is CCCCOc1ccc(C(O)=C2C(=O)C(=O)N(c3nnc(SCc4ccccc4)s3)C2c2ccc(F)cc2)cc1. The van der Waals surface area contributed by atoms with Crippen LogP contribution >= 0.6 is 23.1 Å². The Balaban J connectivity index is 1.49. The van der Waals surface area contributed by atoms with Crippen LogP contribution in [0.25, 0.3) is 5.76 Å². The molecule has 204 valence electrons. The van der Waals surface area contributed by atoms with Crippen molar-refractivity contribution in [2.45, 2.75) is 35.9 Å². The number of rotatable bonds is 10. The fourth-order valence-corrected chi connectivity index (χ4v) is 6.09. The minimum atomic E-state index is -1.01. The van der Waals surface area contributed by atoms with Gasteiger partial charge in [0.1, 0.15) is 17.3 Å². The smallest absolute Gasteiger partial charge is 0.301 e. The molecule has 1 fully saturated rings. The van der Waals surface area contributed by atoms with Gasteiger partial charge in [0.15, 0.2) is 4.34 Å². The van der Waals surface area contributed by atoms with Crippen molar-refractivity contribution in [1.82, 2.24) is 10.2 Å². The molecule has 40 heavy (non-hydrogen) atoms. The minimum Gasteiger partial charge on any atom is -0.507 e. The van der Waals surface area contributed by atoms with E-state index < -0.39 is 23.5 Å². The van der Waals surface area contributed by atoms with Crippen LogP contribution in [0.3, 0.4) is 0 Å². The monoisotopic (exact) mass is 575 g/mol. The predicted octanol–water partition coefficient (Wildman–Crippen LogP) is 6.77. The third-order valence-corrected chi connectivity index (χ3v) is 8.46. The number of unbranched alkanes of at least 4 members (excludes halogenated alkanes) is 1. The number of hydrogen-bond donors (Lipinski definition) is 1. The van der Waals surface area contributed by atoms with E-state index in [4.69, 9.17) is 4.74 Å². The maximum absolute atomic E-state index is 13.8. The Morgan fingerprint density at radius 2 is 1.75 bits per heavy atom. The number of carbonyl (C=O) groups is 2. The molecule has 1 aromatic heterocycles. The molecule has 5 rings (SSSR count). The van der Waals surface area contributed by atoms with Gasteiger partial charge in [-0.2, -0.15) is 0 Å². The van der Waals surface area contributed by atoms with E-state index in [0.29, 0.717) is 33.6 Å². The largest absolute Gasteiger partial charge is 0.507 e. The summed E-state index contributed by atoms with van der Waals surface area (Å²) in [7, 11) is 0. The summed E-state index contributed by atoms with van der Waals surface area (Å²) in [6.07, 6.45) is 1.92. The first-order chi connectivity index (χ1) is 19.5. The van der Waals surface area contributed by atoms with Gasteiger partial charge in [0.25, 0.3) is 5.78 Å². The highest BCUT2D eigenvalue weighted by atomic mass is 32.2. The molecule has 1 saturated heterocycles. The van der Waals surface area contributed by atoms with E-state index in [1.165, 1.54) is 52.3 Å². The van der Waals surface area contributed by atoms with Crippen LogP contribution < -0.4 is 9.64 Å². The van der Waals surface area contributed by atoms with E-state index in [2.05, 4.69) is 17.1 Å².